The molecule has 2 fully saturated rings. The number of fused-ring (bicyclic) bond motifs is 1. The van der Waals surface area contributed by atoms with Crippen molar-refractivity contribution in [1.29, 1.82) is 0 Å². The maximum absolute atomic E-state index is 13.0. The fourth-order valence-electron chi connectivity index (χ4n) is 5.06. The molecular formula is C25H30O4. The normalized spacial score (nSPS) is 23.1. The van der Waals surface area contributed by atoms with Gasteiger partial charge in [0.2, 0.25) is 0 Å². The number of hydrogen-bond acceptors (Lipinski definition) is 4. The molecule has 154 valence electrons. The second-order valence-electron chi connectivity index (χ2n) is 9.24. The molecule has 3 aliphatic rings. The molecule has 0 amide bonds. The van der Waals surface area contributed by atoms with E-state index in [1.165, 1.54) is 18.4 Å². The SMILES string of the molecule is O=c1oc2c(c(O)c1Cc1ccccc1C1CC1)CCCCCC2C(O)C1CC1. The molecule has 29 heavy (non-hydrogen) atoms. The van der Waals surface area contributed by atoms with Crippen molar-refractivity contribution in [1.82, 2.24) is 0 Å². The van der Waals surface area contributed by atoms with Gasteiger partial charge in [0.05, 0.1) is 11.7 Å². The van der Waals surface area contributed by atoms with Crippen LogP contribution in [-0.2, 0) is 12.8 Å². The van der Waals surface area contributed by atoms with Crippen LogP contribution in [0.2, 0.25) is 0 Å². The molecule has 0 bridgehead atoms. The first kappa shape index (κ1) is 18.9. The number of aliphatic hydroxyl groups is 1. The number of aromatic hydroxyl groups is 1. The smallest absolute Gasteiger partial charge is 0.343 e. The first-order valence-corrected chi connectivity index (χ1v) is 11.3. The van der Waals surface area contributed by atoms with E-state index >= 15 is 0 Å². The van der Waals surface area contributed by atoms with E-state index in [9.17, 15) is 15.0 Å². The largest absolute Gasteiger partial charge is 0.507 e. The zero-order chi connectivity index (χ0) is 20.0. The molecular weight excluding hydrogens is 364 g/mol. The lowest BCUT2D eigenvalue weighted by Crippen LogP contribution is -2.25. The second kappa shape index (κ2) is 7.64. The maximum atomic E-state index is 13.0. The van der Waals surface area contributed by atoms with Crippen molar-refractivity contribution in [3.8, 4) is 5.75 Å². The second-order valence-corrected chi connectivity index (χ2v) is 9.24. The third kappa shape index (κ3) is 3.75. The molecule has 3 aliphatic carbocycles. The molecule has 1 heterocycles. The van der Waals surface area contributed by atoms with Gasteiger partial charge in [-0.15, -0.1) is 0 Å². The number of aliphatic hydroxyl groups excluding tert-OH is 1. The molecule has 2 unspecified atom stereocenters. The van der Waals surface area contributed by atoms with Crippen LogP contribution >= 0.6 is 0 Å². The highest BCUT2D eigenvalue weighted by Crippen LogP contribution is 2.45. The van der Waals surface area contributed by atoms with Crippen LogP contribution in [0.3, 0.4) is 0 Å². The number of rotatable bonds is 5. The highest BCUT2D eigenvalue weighted by atomic mass is 16.4. The molecule has 2 aromatic rings. The minimum atomic E-state index is -0.476. The van der Waals surface area contributed by atoms with Crippen LogP contribution in [0.5, 0.6) is 5.75 Å². The number of hydrogen-bond donors (Lipinski definition) is 2. The molecule has 2 saturated carbocycles. The summed E-state index contributed by atoms with van der Waals surface area (Å²) in [5.41, 5.74) is 3.09. The zero-order valence-corrected chi connectivity index (χ0v) is 16.9. The Labute approximate surface area is 171 Å². The van der Waals surface area contributed by atoms with Crippen LogP contribution in [-0.4, -0.2) is 16.3 Å². The summed E-state index contributed by atoms with van der Waals surface area (Å²) < 4.78 is 5.87. The van der Waals surface area contributed by atoms with Gasteiger partial charge in [0.1, 0.15) is 11.5 Å². The fraction of sp³-hybridized carbons (Fsp3) is 0.560. The molecule has 5 rings (SSSR count). The van der Waals surface area contributed by atoms with E-state index in [1.54, 1.807) is 0 Å². The van der Waals surface area contributed by atoms with Gasteiger partial charge in [-0.2, -0.15) is 0 Å². The van der Waals surface area contributed by atoms with Crippen molar-refractivity contribution >= 4 is 0 Å². The predicted molar refractivity (Wildman–Crippen MR) is 112 cm³/mol. The van der Waals surface area contributed by atoms with E-state index in [1.807, 2.05) is 12.1 Å². The van der Waals surface area contributed by atoms with Gasteiger partial charge >= 0.3 is 5.63 Å². The average Bonchev–Trinajstić information content (AvgIpc) is 3.60. The molecule has 0 aliphatic heterocycles. The lowest BCUT2D eigenvalue weighted by molar-refractivity contribution is 0.102. The highest BCUT2D eigenvalue weighted by Gasteiger charge is 2.39. The summed E-state index contributed by atoms with van der Waals surface area (Å²) in [5.74, 6) is 1.37. The molecule has 4 nitrogen and oxygen atoms in total. The van der Waals surface area contributed by atoms with Crippen molar-refractivity contribution in [3.05, 3.63) is 62.7 Å². The summed E-state index contributed by atoms with van der Waals surface area (Å²) in [6, 6.07) is 8.24. The molecule has 2 atom stereocenters. The third-order valence-corrected chi connectivity index (χ3v) is 7.05. The van der Waals surface area contributed by atoms with Crippen LogP contribution in [0.15, 0.2) is 33.5 Å². The van der Waals surface area contributed by atoms with Crippen molar-refractivity contribution in [3.63, 3.8) is 0 Å². The van der Waals surface area contributed by atoms with Crippen molar-refractivity contribution in [2.24, 2.45) is 5.92 Å². The quantitative estimate of drug-likeness (QED) is 0.765. The maximum Gasteiger partial charge on any atom is 0.343 e. The van der Waals surface area contributed by atoms with Crippen molar-refractivity contribution in [2.45, 2.75) is 82.1 Å². The summed E-state index contributed by atoms with van der Waals surface area (Å²) in [4.78, 5) is 13.0. The van der Waals surface area contributed by atoms with Gasteiger partial charge in [-0.05, 0) is 67.9 Å². The minimum Gasteiger partial charge on any atom is -0.507 e. The van der Waals surface area contributed by atoms with Gasteiger partial charge in [0.15, 0.2) is 0 Å². The van der Waals surface area contributed by atoms with E-state index in [0.29, 0.717) is 36.0 Å². The first-order chi connectivity index (χ1) is 14.1. The first-order valence-electron chi connectivity index (χ1n) is 11.3. The van der Waals surface area contributed by atoms with Gasteiger partial charge in [0, 0.05) is 17.9 Å². The molecule has 0 spiro atoms. The fourth-order valence-corrected chi connectivity index (χ4v) is 5.06. The third-order valence-electron chi connectivity index (χ3n) is 7.05. The number of benzene rings is 1. The van der Waals surface area contributed by atoms with Gasteiger partial charge in [0.25, 0.3) is 0 Å². The van der Waals surface area contributed by atoms with E-state index in [4.69, 9.17) is 4.42 Å². The van der Waals surface area contributed by atoms with Gasteiger partial charge < -0.3 is 14.6 Å². The summed E-state index contributed by atoms with van der Waals surface area (Å²) in [5, 5.41) is 22.0. The average molecular weight is 395 g/mol. The zero-order valence-electron chi connectivity index (χ0n) is 16.9. The Kier molecular flexibility index (Phi) is 4.99. The molecule has 0 saturated heterocycles. The molecule has 4 heteroatoms. The van der Waals surface area contributed by atoms with Gasteiger partial charge in [-0.3, -0.25) is 0 Å². The summed E-state index contributed by atoms with van der Waals surface area (Å²) in [7, 11) is 0. The van der Waals surface area contributed by atoms with Crippen LogP contribution in [0, 0.1) is 5.92 Å². The lowest BCUT2D eigenvalue weighted by Gasteiger charge is -2.26. The summed E-state index contributed by atoms with van der Waals surface area (Å²) in [6.07, 6.45) is 9.00. The minimum absolute atomic E-state index is 0.108. The predicted octanol–water partition coefficient (Wildman–Crippen LogP) is 4.78. The van der Waals surface area contributed by atoms with E-state index in [2.05, 4.69) is 12.1 Å². The van der Waals surface area contributed by atoms with Crippen LogP contribution in [0.25, 0.3) is 0 Å². The Morgan fingerprint density at radius 1 is 1.03 bits per heavy atom. The Hall–Kier alpha value is -2.07. The van der Waals surface area contributed by atoms with Crippen molar-refractivity contribution < 1.29 is 14.6 Å². The Morgan fingerprint density at radius 2 is 1.83 bits per heavy atom. The molecule has 1 aromatic carbocycles. The lowest BCUT2D eigenvalue weighted by atomic mass is 9.83. The molecule has 0 radical (unpaired) electrons. The molecule has 1 aromatic heterocycles. The molecule has 2 N–H and O–H groups in total. The van der Waals surface area contributed by atoms with E-state index < -0.39 is 11.7 Å². The van der Waals surface area contributed by atoms with E-state index in [-0.39, 0.29) is 11.7 Å². The van der Waals surface area contributed by atoms with Crippen LogP contribution < -0.4 is 5.63 Å². The van der Waals surface area contributed by atoms with Crippen LogP contribution in [0.1, 0.15) is 91.2 Å². The summed E-state index contributed by atoms with van der Waals surface area (Å²) in [6.45, 7) is 0. The summed E-state index contributed by atoms with van der Waals surface area (Å²) >= 11 is 0. The Balaban J connectivity index is 1.55. The standard InChI is InChI=1S/C25H30O4/c26-22(16-12-13-16)19-8-2-1-3-9-20-23(27)21(25(28)29-24(19)20)14-17-6-4-5-7-18(17)15-10-11-15/h4-7,15-16,19,22,26-27H,1-3,8-14H2. The van der Waals surface area contributed by atoms with Gasteiger partial charge in [-0.25, -0.2) is 4.79 Å². The van der Waals surface area contributed by atoms with Crippen molar-refractivity contribution in [2.75, 3.05) is 0 Å². The highest BCUT2D eigenvalue weighted by molar-refractivity contribution is 5.46. The Morgan fingerprint density at radius 3 is 2.59 bits per heavy atom. The topological polar surface area (TPSA) is 70.7 Å². The Bertz CT molecular complexity index is 952. The van der Waals surface area contributed by atoms with E-state index in [0.717, 1.165) is 49.7 Å². The van der Waals surface area contributed by atoms with Gasteiger partial charge in [-0.1, -0.05) is 37.1 Å². The van der Waals surface area contributed by atoms with Crippen LogP contribution in [0.4, 0.5) is 0 Å². The monoisotopic (exact) mass is 394 g/mol.